The van der Waals surface area contributed by atoms with Crippen LogP contribution < -0.4 is 11.1 Å². The Morgan fingerprint density at radius 2 is 1.73 bits per heavy atom. The Morgan fingerprint density at radius 1 is 1.23 bits per heavy atom. The molecule has 1 rings (SSSR count). The van der Waals surface area contributed by atoms with Gasteiger partial charge in [0.05, 0.1) is 12.6 Å². The highest BCUT2D eigenvalue weighted by atomic mass is 35.5. The summed E-state index contributed by atoms with van der Waals surface area (Å²) in [6.45, 7) is 7.66. The van der Waals surface area contributed by atoms with Crippen LogP contribution in [0.3, 0.4) is 0 Å². The van der Waals surface area contributed by atoms with Crippen molar-refractivity contribution in [2.24, 2.45) is 11.1 Å². The van der Waals surface area contributed by atoms with E-state index in [1.165, 1.54) is 4.90 Å². The molecule has 0 aliphatic rings. The van der Waals surface area contributed by atoms with Crippen LogP contribution in [0, 0.1) is 12.3 Å². The molecule has 0 fully saturated rings. The van der Waals surface area contributed by atoms with E-state index >= 15 is 0 Å². The zero-order valence-corrected chi connectivity index (χ0v) is 14.7. The lowest BCUT2D eigenvalue weighted by Gasteiger charge is -2.29. The van der Waals surface area contributed by atoms with Gasteiger partial charge in [-0.25, -0.2) is 0 Å². The van der Waals surface area contributed by atoms with Gasteiger partial charge in [-0.2, -0.15) is 0 Å². The summed E-state index contributed by atoms with van der Waals surface area (Å²) in [6.07, 6.45) is 0. The molecule has 0 saturated heterocycles. The molecule has 1 aromatic carbocycles. The Hall–Kier alpha value is -1.59. The highest BCUT2D eigenvalue weighted by molar-refractivity contribution is 5.95. The lowest BCUT2D eigenvalue weighted by Crippen LogP contribution is -2.50. The van der Waals surface area contributed by atoms with E-state index in [0.29, 0.717) is 5.69 Å². The summed E-state index contributed by atoms with van der Waals surface area (Å²) in [7, 11) is 1.59. The second-order valence-electron chi connectivity index (χ2n) is 6.45. The van der Waals surface area contributed by atoms with Crippen molar-refractivity contribution in [1.82, 2.24) is 4.90 Å². The molecule has 3 N–H and O–H groups in total. The van der Waals surface area contributed by atoms with Crippen LogP contribution in [0.4, 0.5) is 5.69 Å². The summed E-state index contributed by atoms with van der Waals surface area (Å²) < 4.78 is 0. The first-order valence-electron chi connectivity index (χ1n) is 6.98. The summed E-state index contributed by atoms with van der Waals surface area (Å²) in [6, 6.07) is 6.86. The molecule has 1 aromatic rings. The maximum atomic E-state index is 12.1. The van der Waals surface area contributed by atoms with Crippen LogP contribution in [-0.4, -0.2) is 36.3 Å². The quantitative estimate of drug-likeness (QED) is 0.890. The maximum Gasteiger partial charge on any atom is 0.243 e. The second-order valence-corrected chi connectivity index (χ2v) is 6.45. The van der Waals surface area contributed by atoms with E-state index in [1.54, 1.807) is 7.05 Å². The van der Waals surface area contributed by atoms with Crippen LogP contribution in [0.15, 0.2) is 24.3 Å². The predicted molar refractivity (Wildman–Crippen MR) is 92.1 cm³/mol. The van der Waals surface area contributed by atoms with Crippen molar-refractivity contribution in [3.05, 3.63) is 29.8 Å². The van der Waals surface area contributed by atoms with Crippen LogP contribution in [0.25, 0.3) is 0 Å². The highest BCUT2D eigenvalue weighted by Gasteiger charge is 2.30. The number of halogens is 1. The van der Waals surface area contributed by atoms with Gasteiger partial charge in [0.1, 0.15) is 0 Å². The molecule has 6 heteroatoms. The molecule has 22 heavy (non-hydrogen) atoms. The smallest absolute Gasteiger partial charge is 0.243 e. The Bertz CT molecular complexity index is 509. The average Bonchev–Trinajstić information content (AvgIpc) is 2.38. The number of anilines is 1. The summed E-state index contributed by atoms with van der Waals surface area (Å²) in [4.78, 5) is 25.4. The predicted octanol–water partition coefficient (Wildman–Crippen LogP) is 2.19. The molecular formula is C16H26ClN3O2. The minimum atomic E-state index is -0.630. The number of amides is 2. The molecule has 0 aliphatic carbocycles. The van der Waals surface area contributed by atoms with Crippen molar-refractivity contribution in [2.45, 2.75) is 33.7 Å². The number of nitrogens with zero attached hydrogens (tertiary/aromatic N) is 1. The van der Waals surface area contributed by atoms with Crippen molar-refractivity contribution in [3.63, 3.8) is 0 Å². The van der Waals surface area contributed by atoms with Gasteiger partial charge in [-0.1, -0.05) is 38.5 Å². The Labute approximate surface area is 138 Å². The number of hydrogen-bond acceptors (Lipinski definition) is 3. The Kier molecular flexibility index (Phi) is 7.56. The average molecular weight is 328 g/mol. The molecular weight excluding hydrogens is 302 g/mol. The summed E-state index contributed by atoms with van der Waals surface area (Å²) in [5.41, 5.74) is 7.42. The van der Waals surface area contributed by atoms with E-state index in [2.05, 4.69) is 5.32 Å². The lowest BCUT2D eigenvalue weighted by atomic mass is 9.86. The standard InChI is InChI=1S/C16H25N3O2.ClH/c1-11-6-8-12(9-7-11)18-13(20)10-19(5)15(21)14(17)16(2,3)4;/h6-9,14H,10,17H2,1-5H3,(H,18,20);1H/t14-;/m1./s1. The van der Waals surface area contributed by atoms with E-state index in [-0.39, 0.29) is 36.2 Å². The van der Waals surface area contributed by atoms with Crippen LogP contribution in [0.5, 0.6) is 0 Å². The van der Waals surface area contributed by atoms with Crippen molar-refractivity contribution in [2.75, 3.05) is 18.9 Å². The van der Waals surface area contributed by atoms with Crippen molar-refractivity contribution >= 4 is 29.9 Å². The molecule has 124 valence electrons. The summed E-state index contributed by atoms with van der Waals surface area (Å²) in [5, 5.41) is 2.76. The van der Waals surface area contributed by atoms with Gasteiger partial charge in [-0.05, 0) is 24.5 Å². The first kappa shape index (κ1) is 20.4. The van der Waals surface area contributed by atoms with Gasteiger partial charge < -0.3 is 16.0 Å². The molecule has 0 aliphatic heterocycles. The second kappa shape index (κ2) is 8.15. The number of rotatable bonds is 4. The van der Waals surface area contributed by atoms with Crippen molar-refractivity contribution in [3.8, 4) is 0 Å². The molecule has 0 aromatic heterocycles. The molecule has 0 unspecified atom stereocenters. The normalized spacial score (nSPS) is 12.1. The van der Waals surface area contributed by atoms with Crippen LogP contribution in [0.2, 0.25) is 0 Å². The maximum absolute atomic E-state index is 12.1. The number of carbonyl (C=O) groups is 2. The fourth-order valence-corrected chi connectivity index (χ4v) is 1.74. The van der Waals surface area contributed by atoms with Gasteiger partial charge in [-0.3, -0.25) is 9.59 Å². The SMILES string of the molecule is Cc1ccc(NC(=O)CN(C)C(=O)[C@@H](N)C(C)(C)C)cc1.Cl. The van der Waals surface area contributed by atoms with Gasteiger partial charge in [0.2, 0.25) is 11.8 Å². The molecule has 2 amide bonds. The van der Waals surface area contributed by atoms with Gasteiger partial charge in [0.25, 0.3) is 0 Å². The number of benzene rings is 1. The van der Waals surface area contributed by atoms with E-state index in [1.807, 2.05) is 52.0 Å². The lowest BCUT2D eigenvalue weighted by molar-refractivity contribution is -0.136. The molecule has 5 nitrogen and oxygen atoms in total. The number of likely N-dealkylation sites (N-methyl/N-ethyl adjacent to an activating group) is 1. The Morgan fingerprint density at radius 3 is 2.18 bits per heavy atom. The third-order valence-electron chi connectivity index (χ3n) is 3.29. The number of aryl methyl sites for hydroxylation is 1. The number of hydrogen-bond donors (Lipinski definition) is 2. The minimum Gasteiger partial charge on any atom is -0.335 e. The fourth-order valence-electron chi connectivity index (χ4n) is 1.74. The van der Waals surface area contributed by atoms with Crippen molar-refractivity contribution in [1.29, 1.82) is 0 Å². The number of nitrogens with two attached hydrogens (primary N) is 1. The highest BCUT2D eigenvalue weighted by Crippen LogP contribution is 2.18. The molecule has 0 radical (unpaired) electrons. The van der Waals surface area contributed by atoms with Crippen LogP contribution in [0.1, 0.15) is 26.3 Å². The third kappa shape index (κ3) is 6.03. The Balaban J connectivity index is 0.00000441. The molecule has 0 saturated carbocycles. The van der Waals surface area contributed by atoms with Gasteiger partial charge in [0, 0.05) is 12.7 Å². The first-order valence-corrected chi connectivity index (χ1v) is 6.98. The minimum absolute atomic E-state index is 0. The summed E-state index contributed by atoms with van der Waals surface area (Å²) >= 11 is 0. The van der Waals surface area contributed by atoms with E-state index < -0.39 is 6.04 Å². The number of nitrogens with one attached hydrogen (secondary N) is 1. The zero-order chi connectivity index (χ0) is 16.2. The van der Waals surface area contributed by atoms with Gasteiger partial charge in [0.15, 0.2) is 0 Å². The van der Waals surface area contributed by atoms with Crippen molar-refractivity contribution < 1.29 is 9.59 Å². The monoisotopic (exact) mass is 327 g/mol. The van der Waals surface area contributed by atoms with E-state index in [9.17, 15) is 9.59 Å². The molecule has 1 atom stereocenters. The first-order chi connectivity index (χ1) is 9.61. The van der Waals surface area contributed by atoms with E-state index in [0.717, 1.165) is 5.56 Å². The van der Waals surface area contributed by atoms with Crippen LogP contribution >= 0.6 is 12.4 Å². The third-order valence-corrected chi connectivity index (χ3v) is 3.29. The van der Waals surface area contributed by atoms with Gasteiger partial charge in [-0.15, -0.1) is 12.4 Å². The zero-order valence-electron chi connectivity index (χ0n) is 13.8. The largest absolute Gasteiger partial charge is 0.335 e. The molecule has 0 bridgehead atoms. The number of carbonyl (C=O) groups excluding carboxylic acids is 2. The van der Waals surface area contributed by atoms with Crippen LogP contribution in [-0.2, 0) is 9.59 Å². The summed E-state index contributed by atoms with van der Waals surface area (Å²) in [5.74, 6) is -0.475. The fraction of sp³-hybridized carbons (Fsp3) is 0.500. The van der Waals surface area contributed by atoms with E-state index in [4.69, 9.17) is 5.73 Å². The topological polar surface area (TPSA) is 75.4 Å². The molecule has 0 spiro atoms. The molecule has 0 heterocycles. The van der Waals surface area contributed by atoms with Gasteiger partial charge >= 0.3 is 0 Å².